The lowest BCUT2D eigenvalue weighted by atomic mass is 10.1. The Morgan fingerprint density at radius 1 is 1.53 bits per heavy atom. The number of aryl methyl sites for hydroxylation is 2. The number of morpholine rings is 1. The third-order valence-electron chi connectivity index (χ3n) is 2.94. The quantitative estimate of drug-likeness (QED) is 0.776. The van der Waals surface area contributed by atoms with E-state index in [1.54, 1.807) is 11.3 Å². The van der Waals surface area contributed by atoms with Crippen LogP contribution in [0.4, 0.5) is 5.13 Å². The number of hydrogen-bond donors (Lipinski definition) is 0. The van der Waals surface area contributed by atoms with Crippen molar-refractivity contribution in [3.8, 4) is 0 Å². The van der Waals surface area contributed by atoms with Crippen molar-refractivity contribution in [2.45, 2.75) is 39.4 Å². The summed E-state index contributed by atoms with van der Waals surface area (Å²) in [5, 5.41) is 1.09. The van der Waals surface area contributed by atoms with Crippen molar-refractivity contribution in [2.75, 3.05) is 23.9 Å². The minimum Gasteiger partial charge on any atom is -0.367 e. The van der Waals surface area contributed by atoms with Crippen LogP contribution >= 0.6 is 22.9 Å². The van der Waals surface area contributed by atoms with Crippen molar-refractivity contribution in [3.05, 3.63) is 10.6 Å². The molecule has 1 aromatic heterocycles. The summed E-state index contributed by atoms with van der Waals surface area (Å²) in [5.74, 6) is 0.531. The topological polar surface area (TPSA) is 25.4 Å². The van der Waals surface area contributed by atoms with Crippen molar-refractivity contribution < 1.29 is 4.74 Å². The zero-order valence-electron chi connectivity index (χ0n) is 10.8. The van der Waals surface area contributed by atoms with Gasteiger partial charge in [-0.25, -0.2) is 4.98 Å². The van der Waals surface area contributed by atoms with E-state index in [-0.39, 0.29) is 11.7 Å². The molecule has 0 bridgehead atoms. The first-order valence-corrected chi connectivity index (χ1v) is 7.19. The van der Waals surface area contributed by atoms with Crippen LogP contribution in [0.25, 0.3) is 0 Å². The van der Waals surface area contributed by atoms with Crippen LogP contribution in [0.3, 0.4) is 0 Å². The fourth-order valence-corrected chi connectivity index (χ4v) is 3.19. The Bertz CT molecular complexity index is 386. The lowest BCUT2D eigenvalue weighted by molar-refractivity contribution is -0.0734. The van der Waals surface area contributed by atoms with E-state index < -0.39 is 0 Å². The van der Waals surface area contributed by atoms with E-state index in [0.29, 0.717) is 5.88 Å². The summed E-state index contributed by atoms with van der Waals surface area (Å²) in [6.45, 7) is 10.1. The highest BCUT2D eigenvalue weighted by atomic mass is 35.5. The summed E-state index contributed by atoms with van der Waals surface area (Å²) in [5.41, 5.74) is 0.961. The maximum absolute atomic E-state index is 5.93. The van der Waals surface area contributed by atoms with Crippen LogP contribution in [0, 0.1) is 13.8 Å². The van der Waals surface area contributed by atoms with Crippen LogP contribution in [0.15, 0.2) is 0 Å². The lowest BCUT2D eigenvalue weighted by Crippen LogP contribution is -2.53. The Balaban J connectivity index is 2.20. The Morgan fingerprint density at radius 3 is 2.76 bits per heavy atom. The fraction of sp³-hybridized carbons (Fsp3) is 0.750. The molecule has 3 nitrogen and oxygen atoms in total. The summed E-state index contributed by atoms with van der Waals surface area (Å²) >= 11 is 7.68. The van der Waals surface area contributed by atoms with Gasteiger partial charge in [0.1, 0.15) is 0 Å². The van der Waals surface area contributed by atoms with Crippen LogP contribution in [-0.2, 0) is 4.74 Å². The number of alkyl halides is 1. The molecule has 1 aliphatic heterocycles. The van der Waals surface area contributed by atoms with Crippen molar-refractivity contribution >= 4 is 28.1 Å². The average Bonchev–Trinajstić information content (AvgIpc) is 2.57. The zero-order chi connectivity index (χ0) is 12.6. The second-order valence-corrected chi connectivity index (χ2v) is 6.66. The largest absolute Gasteiger partial charge is 0.367 e. The first-order chi connectivity index (χ1) is 7.91. The smallest absolute Gasteiger partial charge is 0.185 e. The van der Waals surface area contributed by atoms with E-state index in [1.165, 1.54) is 4.88 Å². The van der Waals surface area contributed by atoms with E-state index in [9.17, 15) is 0 Å². The Kier molecular flexibility index (Phi) is 3.66. The number of rotatable bonds is 2. The van der Waals surface area contributed by atoms with Crippen LogP contribution in [-0.4, -0.2) is 35.7 Å². The highest BCUT2D eigenvalue weighted by Crippen LogP contribution is 2.30. The maximum atomic E-state index is 5.93. The first kappa shape index (κ1) is 13.1. The molecule has 0 radical (unpaired) electrons. The molecule has 1 atom stereocenters. The monoisotopic (exact) mass is 274 g/mol. The van der Waals surface area contributed by atoms with Crippen LogP contribution < -0.4 is 4.90 Å². The Labute approximate surface area is 112 Å². The molecule has 5 heteroatoms. The Hall–Kier alpha value is -0.320. The summed E-state index contributed by atoms with van der Waals surface area (Å²) in [6.07, 6.45) is 0.0879. The summed E-state index contributed by atoms with van der Waals surface area (Å²) in [7, 11) is 0. The van der Waals surface area contributed by atoms with Gasteiger partial charge in [0.05, 0.1) is 23.3 Å². The second kappa shape index (κ2) is 4.75. The highest BCUT2D eigenvalue weighted by molar-refractivity contribution is 7.15. The van der Waals surface area contributed by atoms with Crippen LogP contribution in [0.5, 0.6) is 0 Å². The van der Waals surface area contributed by atoms with Gasteiger partial charge in [0.15, 0.2) is 5.13 Å². The second-order valence-electron chi connectivity index (χ2n) is 5.17. The molecule has 0 amide bonds. The molecule has 2 rings (SSSR count). The summed E-state index contributed by atoms with van der Waals surface area (Å²) < 4.78 is 5.91. The maximum Gasteiger partial charge on any atom is 0.185 e. The number of halogens is 1. The highest BCUT2D eigenvalue weighted by Gasteiger charge is 2.34. The molecule has 96 valence electrons. The van der Waals surface area contributed by atoms with Gasteiger partial charge in [0.2, 0.25) is 0 Å². The van der Waals surface area contributed by atoms with Crippen molar-refractivity contribution in [2.24, 2.45) is 0 Å². The van der Waals surface area contributed by atoms with E-state index in [4.69, 9.17) is 16.3 Å². The normalized spacial score (nSPS) is 24.1. The van der Waals surface area contributed by atoms with Gasteiger partial charge in [-0.1, -0.05) is 0 Å². The molecule has 0 aromatic carbocycles. The van der Waals surface area contributed by atoms with Gasteiger partial charge < -0.3 is 9.64 Å². The Morgan fingerprint density at radius 2 is 2.24 bits per heavy atom. The number of anilines is 1. The summed E-state index contributed by atoms with van der Waals surface area (Å²) in [4.78, 5) is 8.19. The fourth-order valence-electron chi connectivity index (χ4n) is 2.11. The van der Waals surface area contributed by atoms with E-state index >= 15 is 0 Å². The molecule has 0 N–H and O–H groups in total. The molecule has 0 aliphatic carbocycles. The van der Waals surface area contributed by atoms with Gasteiger partial charge in [-0.3, -0.25) is 0 Å². The number of ether oxygens (including phenoxy) is 1. The molecule has 1 unspecified atom stereocenters. The number of nitrogens with zero attached hydrogens (tertiary/aromatic N) is 2. The molecule has 2 heterocycles. The molecular weight excluding hydrogens is 256 g/mol. The molecule has 17 heavy (non-hydrogen) atoms. The lowest BCUT2D eigenvalue weighted by Gasteiger charge is -2.42. The number of thiazole rings is 1. The van der Waals surface area contributed by atoms with Gasteiger partial charge >= 0.3 is 0 Å². The zero-order valence-corrected chi connectivity index (χ0v) is 12.4. The number of aromatic nitrogens is 1. The van der Waals surface area contributed by atoms with Crippen LogP contribution in [0.1, 0.15) is 24.4 Å². The van der Waals surface area contributed by atoms with Crippen molar-refractivity contribution in [1.82, 2.24) is 4.98 Å². The van der Waals surface area contributed by atoms with Crippen molar-refractivity contribution in [1.29, 1.82) is 0 Å². The standard InChI is InChI=1S/C12H19ClN2OS/c1-8-9(2)17-11(14-8)15-6-10(5-13)16-12(3,4)7-15/h10H,5-7H2,1-4H3. The van der Waals surface area contributed by atoms with Crippen LogP contribution in [0.2, 0.25) is 0 Å². The van der Waals surface area contributed by atoms with E-state index in [2.05, 4.69) is 37.6 Å². The van der Waals surface area contributed by atoms with E-state index in [1.807, 2.05) is 0 Å². The SMILES string of the molecule is Cc1nc(N2CC(CCl)OC(C)(C)C2)sc1C. The minimum atomic E-state index is -0.161. The molecular formula is C12H19ClN2OS. The molecule has 0 spiro atoms. The predicted octanol–water partition coefficient (Wildman–Crippen LogP) is 2.98. The van der Waals surface area contributed by atoms with Gasteiger partial charge in [-0.05, 0) is 27.7 Å². The van der Waals surface area contributed by atoms with Gasteiger partial charge in [0.25, 0.3) is 0 Å². The molecule has 1 fully saturated rings. The average molecular weight is 275 g/mol. The predicted molar refractivity (Wildman–Crippen MR) is 73.5 cm³/mol. The molecule has 0 saturated carbocycles. The van der Waals surface area contributed by atoms with E-state index in [0.717, 1.165) is 23.9 Å². The molecule has 1 aliphatic rings. The van der Waals surface area contributed by atoms with Crippen molar-refractivity contribution in [3.63, 3.8) is 0 Å². The third kappa shape index (κ3) is 2.92. The van der Waals surface area contributed by atoms with Gasteiger partial charge in [-0.2, -0.15) is 0 Å². The summed E-state index contributed by atoms with van der Waals surface area (Å²) in [6, 6.07) is 0. The minimum absolute atomic E-state index is 0.0879. The van der Waals surface area contributed by atoms with Gasteiger partial charge in [0, 0.05) is 18.0 Å². The third-order valence-corrected chi connectivity index (χ3v) is 4.42. The molecule has 1 aromatic rings. The molecule has 1 saturated heterocycles. The first-order valence-electron chi connectivity index (χ1n) is 5.84. The number of hydrogen-bond acceptors (Lipinski definition) is 4. The van der Waals surface area contributed by atoms with Gasteiger partial charge in [-0.15, -0.1) is 22.9 Å².